The van der Waals surface area contributed by atoms with Gasteiger partial charge in [0.1, 0.15) is 11.6 Å². The number of benzene rings is 2. The first-order valence-corrected chi connectivity index (χ1v) is 7.22. The van der Waals surface area contributed by atoms with Crippen LogP contribution in [0.3, 0.4) is 0 Å². The summed E-state index contributed by atoms with van der Waals surface area (Å²) in [6, 6.07) is 13.3. The lowest BCUT2D eigenvalue weighted by atomic mass is 9.95. The Hall–Kier alpha value is -2.36. The molecule has 4 heteroatoms. The second-order valence-electron chi connectivity index (χ2n) is 5.45. The van der Waals surface area contributed by atoms with E-state index in [0.29, 0.717) is 0 Å². The second-order valence-corrected chi connectivity index (χ2v) is 5.45. The molecule has 0 aromatic heterocycles. The molecule has 3 nitrogen and oxygen atoms in total. The molecule has 1 N–H and O–H groups in total. The number of ether oxygens (including phenoxy) is 1. The maximum Gasteiger partial charge on any atom is 0.254 e. The van der Waals surface area contributed by atoms with Crippen molar-refractivity contribution >= 4 is 5.91 Å². The number of hydrogen-bond donors (Lipinski definition) is 1. The molecule has 2 aromatic rings. The standard InChI is InChI=1S/C18H20FNO2/c1-12(2)17(13-8-10-14(22-3)11-9-13)20-18(21)15-6-4-5-7-16(15)19/h4-12,17H,1-3H3,(H,20,21). The summed E-state index contributed by atoms with van der Waals surface area (Å²) in [6.07, 6.45) is 0. The first kappa shape index (κ1) is 16.0. The quantitative estimate of drug-likeness (QED) is 0.907. The van der Waals surface area contributed by atoms with E-state index in [1.807, 2.05) is 38.1 Å². The molecule has 2 aromatic carbocycles. The van der Waals surface area contributed by atoms with Gasteiger partial charge in [0.05, 0.1) is 18.7 Å². The fourth-order valence-electron chi connectivity index (χ4n) is 2.31. The molecule has 0 aliphatic rings. The Balaban J connectivity index is 2.21. The molecule has 0 spiro atoms. The van der Waals surface area contributed by atoms with Gasteiger partial charge in [-0.1, -0.05) is 38.1 Å². The molecule has 0 bridgehead atoms. The minimum atomic E-state index is -0.516. The lowest BCUT2D eigenvalue weighted by molar-refractivity contribution is 0.0921. The SMILES string of the molecule is COc1ccc(C(NC(=O)c2ccccc2F)C(C)C)cc1. The summed E-state index contributed by atoms with van der Waals surface area (Å²) in [4.78, 5) is 12.3. The van der Waals surface area contributed by atoms with Gasteiger partial charge in [-0.3, -0.25) is 4.79 Å². The van der Waals surface area contributed by atoms with Crippen molar-refractivity contribution in [2.75, 3.05) is 7.11 Å². The highest BCUT2D eigenvalue weighted by Crippen LogP contribution is 2.24. The number of carbonyl (C=O) groups is 1. The van der Waals surface area contributed by atoms with Crippen molar-refractivity contribution < 1.29 is 13.9 Å². The van der Waals surface area contributed by atoms with E-state index < -0.39 is 11.7 Å². The van der Waals surface area contributed by atoms with Crippen molar-refractivity contribution in [3.63, 3.8) is 0 Å². The maximum absolute atomic E-state index is 13.7. The lowest BCUT2D eigenvalue weighted by Gasteiger charge is -2.23. The Kier molecular flexibility index (Phi) is 5.15. The first-order chi connectivity index (χ1) is 10.5. The fourth-order valence-corrected chi connectivity index (χ4v) is 2.31. The van der Waals surface area contributed by atoms with Gasteiger partial charge in [-0.2, -0.15) is 0 Å². The van der Waals surface area contributed by atoms with E-state index in [0.717, 1.165) is 11.3 Å². The Morgan fingerprint density at radius 2 is 1.73 bits per heavy atom. The van der Waals surface area contributed by atoms with E-state index in [2.05, 4.69) is 5.32 Å². The molecule has 0 fully saturated rings. The average Bonchev–Trinajstić information content (AvgIpc) is 2.52. The van der Waals surface area contributed by atoms with Crippen LogP contribution in [0, 0.1) is 11.7 Å². The van der Waals surface area contributed by atoms with Crippen LogP contribution in [0.15, 0.2) is 48.5 Å². The van der Waals surface area contributed by atoms with Crippen molar-refractivity contribution in [1.82, 2.24) is 5.32 Å². The van der Waals surface area contributed by atoms with Crippen LogP contribution in [0.4, 0.5) is 4.39 Å². The number of amides is 1. The summed E-state index contributed by atoms with van der Waals surface area (Å²) in [5.74, 6) is 0.000611. The summed E-state index contributed by atoms with van der Waals surface area (Å²) in [7, 11) is 1.61. The van der Waals surface area contributed by atoms with Crippen LogP contribution in [0.2, 0.25) is 0 Å². The molecule has 0 aliphatic carbocycles. The van der Waals surface area contributed by atoms with Crippen LogP contribution < -0.4 is 10.1 Å². The third-order valence-electron chi connectivity index (χ3n) is 3.55. The van der Waals surface area contributed by atoms with Gasteiger partial charge >= 0.3 is 0 Å². The van der Waals surface area contributed by atoms with Gasteiger partial charge in [-0.15, -0.1) is 0 Å². The van der Waals surface area contributed by atoms with E-state index in [1.54, 1.807) is 19.2 Å². The third-order valence-corrected chi connectivity index (χ3v) is 3.55. The largest absolute Gasteiger partial charge is 0.497 e. The average molecular weight is 301 g/mol. The molecular formula is C18H20FNO2. The van der Waals surface area contributed by atoms with Gasteiger partial charge in [0, 0.05) is 0 Å². The predicted molar refractivity (Wildman–Crippen MR) is 84.4 cm³/mol. The van der Waals surface area contributed by atoms with Crippen molar-refractivity contribution in [2.45, 2.75) is 19.9 Å². The smallest absolute Gasteiger partial charge is 0.254 e. The van der Waals surface area contributed by atoms with Crippen molar-refractivity contribution in [3.8, 4) is 5.75 Å². The first-order valence-electron chi connectivity index (χ1n) is 7.22. The van der Waals surface area contributed by atoms with E-state index in [1.165, 1.54) is 12.1 Å². The lowest BCUT2D eigenvalue weighted by Crippen LogP contribution is -2.32. The molecule has 0 heterocycles. The number of halogens is 1. The molecule has 2 rings (SSSR count). The molecular weight excluding hydrogens is 281 g/mol. The van der Waals surface area contributed by atoms with Gasteiger partial charge in [-0.25, -0.2) is 4.39 Å². The van der Waals surface area contributed by atoms with Crippen molar-refractivity contribution in [3.05, 3.63) is 65.5 Å². The maximum atomic E-state index is 13.7. The van der Waals surface area contributed by atoms with Crippen molar-refractivity contribution in [1.29, 1.82) is 0 Å². The van der Waals surface area contributed by atoms with E-state index in [9.17, 15) is 9.18 Å². The van der Waals surface area contributed by atoms with Crippen LogP contribution in [-0.2, 0) is 0 Å². The molecule has 1 atom stereocenters. The van der Waals surface area contributed by atoms with Crippen LogP contribution in [0.1, 0.15) is 35.8 Å². The van der Waals surface area contributed by atoms with Crippen LogP contribution in [0.25, 0.3) is 0 Å². The summed E-state index contributed by atoms with van der Waals surface area (Å²) >= 11 is 0. The zero-order valence-electron chi connectivity index (χ0n) is 13.0. The molecule has 1 unspecified atom stereocenters. The summed E-state index contributed by atoms with van der Waals surface area (Å²) < 4.78 is 18.9. The van der Waals surface area contributed by atoms with E-state index >= 15 is 0 Å². The molecule has 0 saturated carbocycles. The summed E-state index contributed by atoms with van der Waals surface area (Å²) in [5, 5.41) is 2.91. The molecule has 0 radical (unpaired) electrons. The number of hydrogen-bond acceptors (Lipinski definition) is 2. The molecule has 0 saturated heterocycles. The topological polar surface area (TPSA) is 38.3 Å². The predicted octanol–water partition coefficient (Wildman–Crippen LogP) is 3.96. The Labute approximate surface area is 130 Å². The Bertz CT molecular complexity index is 638. The minimum absolute atomic E-state index is 0.0571. The number of rotatable bonds is 5. The number of nitrogens with one attached hydrogen (secondary N) is 1. The van der Waals surface area contributed by atoms with Crippen LogP contribution in [0.5, 0.6) is 5.75 Å². The second kappa shape index (κ2) is 7.07. The van der Waals surface area contributed by atoms with Crippen molar-refractivity contribution in [2.24, 2.45) is 5.92 Å². The molecule has 0 aliphatic heterocycles. The Morgan fingerprint density at radius 1 is 1.09 bits per heavy atom. The van der Waals surface area contributed by atoms with Gasteiger partial charge in [-0.05, 0) is 35.7 Å². The molecule has 22 heavy (non-hydrogen) atoms. The number of carbonyl (C=O) groups excluding carboxylic acids is 1. The highest BCUT2D eigenvalue weighted by molar-refractivity contribution is 5.94. The van der Waals surface area contributed by atoms with Crippen LogP contribution in [-0.4, -0.2) is 13.0 Å². The van der Waals surface area contributed by atoms with Gasteiger partial charge in [0.15, 0.2) is 0 Å². The zero-order chi connectivity index (χ0) is 16.1. The highest BCUT2D eigenvalue weighted by Gasteiger charge is 2.20. The summed E-state index contributed by atoms with van der Waals surface area (Å²) in [5.41, 5.74) is 1.02. The van der Waals surface area contributed by atoms with Gasteiger partial charge < -0.3 is 10.1 Å². The summed E-state index contributed by atoms with van der Waals surface area (Å²) in [6.45, 7) is 4.02. The molecule has 1 amide bonds. The number of methoxy groups -OCH3 is 1. The van der Waals surface area contributed by atoms with Gasteiger partial charge in [0.2, 0.25) is 0 Å². The van der Waals surface area contributed by atoms with Crippen LogP contribution >= 0.6 is 0 Å². The van der Waals surface area contributed by atoms with Gasteiger partial charge in [0.25, 0.3) is 5.91 Å². The third kappa shape index (κ3) is 3.64. The zero-order valence-corrected chi connectivity index (χ0v) is 13.0. The fraction of sp³-hybridized carbons (Fsp3) is 0.278. The molecule has 116 valence electrons. The normalized spacial score (nSPS) is 12.0. The highest BCUT2D eigenvalue weighted by atomic mass is 19.1. The van der Waals surface area contributed by atoms with E-state index in [4.69, 9.17) is 4.74 Å². The monoisotopic (exact) mass is 301 g/mol. The Morgan fingerprint density at radius 3 is 2.27 bits per heavy atom. The van der Waals surface area contributed by atoms with E-state index in [-0.39, 0.29) is 17.5 Å². The minimum Gasteiger partial charge on any atom is -0.497 e.